The second-order valence-electron chi connectivity index (χ2n) is 6.51. The zero-order chi connectivity index (χ0) is 13.2. The Kier molecular flexibility index (Phi) is 4.08. The molecule has 1 heterocycles. The first kappa shape index (κ1) is 13.6. The molecule has 1 aliphatic rings. The summed E-state index contributed by atoms with van der Waals surface area (Å²) in [5.41, 5.74) is 7.72. The van der Waals surface area contributed by atoms with Crippen LogP contribution in [0.2, 0.25) is 0 Å². The lowest BCUT2D eigenvalue weighted by Gasteiger charge is -2.37. The fourth-order valence-corrected chi connectivity index (χ4v) is 3.12. The molecule has 0 amide bonds. The van der Waals surface area contributed by atoms with Gasteiger partial charge >= 0.3 is 0 Å². The van der Waals surface area contributed by atoms with Crippen LogP contribution in [-0.4, -0.2) is 30.6 Å². The van der Waals surface area contributed by atoms with Gasteiger partial charge < -0.3 is 5.73 Å². The maximum absolute atomic E-state index is 5.98. The van der Waals surface area contributed by atoms with Crippen LogP contribution in [0, 0.1) is 5.41 Å². The molecule has 2 N–H and O–H groups in total. The first-order valence-corrected chi connectivity index (χ1v) is 7.01. The van der Waals surface area contributed by atoms with Crippen LogP contribution in [0.3, 0.4) is 0 Å². The monoisotopic (exact) mass is 246 g/mol. The van der Waals surface area contributed by atoms with Crippen LogP contribution < -0.4 is 5.73 Å². The molecule has 2 rings (SSSR count). The second kappa shape index (κ2) is 5.41. The predicted octanol–water partition coefficient (Wildman–Crippen LogP) is 2.85. The molecule has 0 spiro atoms. The third-order valence-electron chi connectivity index (χ3n) is 4.15. The van der Waals surface area contributed by atoms with Crippen molar-refractivity contribution in [3.8, 4) is 0 Å². The number of benzene rings is 1. The SMILES string of the molecule is CC(C)(C)C(CN)N1CCC(c2ccccc2)C1. The van der Waals surface area contributed by atoms with Crippen LogP contribution in [0.4, 0.5) is 0 Å². The molecule has 1 aromatic carbocycles. The largest absolute Gasteiger partial charge is 0.329 e. The van der Waals surface area contributed by atoms with E-state index in [-0.39, 0.29) is 5.41 Å². The Hall–Kier alpha value is -0.860. The topological polar surface area (TPSA) is 29.3 Å². The number of likely N-dealkylation sites (tertiary alicyclic amines) is 1. The van der Waals surface area contributed by atoms with Gasteiger partial charge in [-0.3, -0.25) is 4.90 Å². The number of rotatable bonds is 3. The van der Waals surface area contributed by atoms with Gasteiger partial charge in [0.05, 0.1) is 0 Å². The molecule has 0 aliphatic carbocycles. The molecule has 1 aromatic rings. The van der Waals surface area contributed by atoms with Gasteiger partial charge in [0.2, 0.25) is 0 Å². The van der Waals surface area contributed by atoms with Crippen molar-refractivity contribution in [2.24, 2.45) is 11.1 Å². The molecule has 1 saturated heterocycles. The maximum atomic E-state index is 5.98. The molecule has 2 nitrogen and oxygen atoms in total. The molecule has 18 heavy (non-hydrogen) atoms. The van der Waals surface area contributed by atoms with E-state index in [4.69, 9.17) is 5.73 Å². The molecule has 2 atom stereocenters. The van der Waals surface area contributed by atoms with Crippen LogP contribution in [0.1, 0.15) is 38.7 Å². The van der Waals surface area contributed by atoms with Crippen molar-refractivity contribution in [3.63, 3.8) is 0 Å². The average Bonchev–Trinajstić information content (AvgIpc) is 2.78. The summed E-state index contributed by atoms with van der Waals surface area (Å²) in [6.07, 6.45) is 1.26. The molecule has 100 valence electrons. The highest BCUT2D eigenvalue weighted by Crippen LogP contribution is 2.32. The number of hydrogen-bond donors (Lipinski definition) is 1. The second-order valence-corrected chi connectivity index (χ2v) is 6.51. The van der Waals surface area contributed by atoms with Crippen LogP contribution in [0.5, 0.6) is 0 Å². The summed E-state index contributed by atoms with van der Waals surface area (Å²) < 4.78 is 0. The molecule has 1 fully saturated rings. The normalized spacial score (nSPS) is 23.2. The Morgan fingerprint density at radius 1 is 1.28 bits per heavy atom. The maximum Gasteiger partial charge on any atom is 0.0267 e. The average molecular weight is 246 g/mol. The van der Waals surface area contributed by atoms with Gasteiger partial charge in [0, 0.05) is 19.1 Å². The fraction of sp³-hybridized carbons (Fsp3) is 0.625. The van der Waals surface area contributed by atoms with Gasteiger partial charge in [0.25, 0.3) is 0 Å². The number of hydrogen-bond acceptors (Lipinski definition) is 2. The molecule has 0 bridgehead atoms. The van der Waals surface area contributed by atoms with E-state index in [0.717, 1.165) is 13.1 Å². The summed E-state index contributed by atoms with van der Waals surface area (Å²) in [4.78, 5) is 2.58. The van der Waals surface area contributed by atoms with Gasteiger partial charge in [-0.15, -0.1) is 0 Å². The van der Waals surface area contributed by atoms with Gasteiger partial charge in [-0.05, 0) is 29.9 Å². The van der Waals surface area contributed by atoms with E-state index in [2.05, 4.69) is 56.0 Å². The summed E-state index contributed by atoms with van der Waals surface area (Å²) in [6, 6.07) is 11.4. The Labute approximate surface area is 111 Å². The molecule has 2 heteroatoms. The van der Waals surface area contributed by atoms with Gasteiger partial charge in [0.15, 0.2) is 0 Å². The minimum atomic E-state index is 0.264. The lowest BCUT2D eigenvalue weighted by molar-refractivity contribution is 0.129. The van der Waals surface area contributed by atoms with Crippen LogP contribution in [-0.2, 0) is 0 Å². The quantitative estimate of drug-likeness (QED) is 0.888. The van der Waals surface area contributed by atoms with Crippen molar-refractivity contribution in [3.05, 3.63) is 35.9 Å². The molecule has 0 radical (unpaired) electrons. The highest BCUT2D eigenvalue weighted by molar-refractivity contribution is 5.21. The minimum absolute atomic E-state index is 0.264. The van der Waals surface area contributed by atoms with E-state index in [1.165, 1.54) is 18.5 Å². The van der Waals surface area contributed by atoms with Crippen LogP contribution >= 0.6 is 0 Å². The van der Waals surface area contributed by atoms with Crippen LogP contribution in [0.15, 0.2) is 30.3 Å². The zero-order valence-corrected chi connectivity index (χ0v) is 11.9. The van der Waals surface area contributed by atoms with E-state index >= 15 is 0 Å². The Morgan fingerprint density at radius 2 is 1.94 bits per heavy atom. The number of nitrogens with two attached hydrogens (primary N) is 1. The van der Waals surface area contributed by atoms with Crippen molar-refractivity contribution in [2.75, 3.05) is 19.6 Å². The first-order valence-electron chi connectivity index (χ1n) is 7.01. The Morgan fingerprint density at radius 3 is 2.50 bits per heavy atom. The van der Waals surface area contributed by atoms with E-state index in [9.17, 15) is 0 Å². The molecular weight excluding hydrogens is 220 g/mol. The van der Waals surface area contributed by atoms with Crippen molar-refractivity contribution in [2.45, 2.75) is 39.2 Å². The predicted molar refractivity (Wildman–Crippen MR) is 77.7 cm³/mol. The number of nitrogens with zero attached hydrogens (tertiary/aromatic N) is 1. The van der Waals surface area contributed by atoms with Crippen molar-refractivity contribution in [1.82, 2.24) is 4.90 Å². The summed E-state index contributed by atoms with van der Waals surface area (Å²) in [5.74, 6) is 0.683. The van der Waals surface area contributed by atoms with E-state index < -0.39 is 0 Å². The lowest BCUT2D eigenvalue weighted by atomic mass is 9.85. The third-order valence-corrected chi connectivity index (χ3v) is 4.15. The lowest BCUT2D eigenvalue weighted by Crippen LogP contribution is -2.47. The minimum Gasteiger partial charge on any atom is -0.329 e. The van der Waals surface area contributed by atoms with E-state index in [1.807, 2.05) is 0 Å². The first-order chi connectivity index (χ1) is 8.52. The molecule has 0 aromatic heterocycles. The highest BCUT2D eigenvalue weighted by Gasteiger charge is 2.34. The van der Waals surface area contributed by atoms with E-state index in [0.29, 0.717) is 12.0 Å². The van der Waals surface area contributed by atoms with Gasteiger partial charge in [0.1, 0.15) is 0 Å². The van der Waals surface area contributed by atoms with Crippen molar-refractivity contribution < 1.29 is 0 Å². The summed E-state index contributed by atoms with van der Waals surface area (Å²) in [7, 11) is 0. The Balaban J connectivity index is 2.04. The summed E-state index contributed by atoms with van der Waals surface area (Å²) in [6.45, 7) is 9.97. The summed E-state index contributed by atoms with van der Waals surface area (Å²) >= 11 is 0. The smallest absolute Gasteiger partial charge is 0.0267 e. The third kappa shape index (κ3) is 2.93. The fourth-order valence-electron chi connectivity index (χ4n) is 3.12. The summed E-state index contributed by atoms with van der Waals surface area (Å²) in [5, 5.41) is 0. The molecule has 0 saturated carbocycles. The standard InChI is InChI=1S/C16H26N2/c1-16(2,3)15(11-17)18-10-9-14(12-18)13-7-5-4-6-8-13/h4-8,14-15H,9-12,17H2,1-3H3. The van der Waals surface area contributed by atoms with Gasteiger partial charge in [-0.1, -0.05) is 51.1 Å². The Bertz CT molecular complexity index is 366. The van der Waals surface area contributed by atoms with E-state index in [1.54, 1.807) is 0 Å². The van der Waals surface area contributed by atoms with Gasteiger partial charge in [-0.2, -0.15) is 0 Å². The van der Waals surface area contributed by atoms with Crippen LogP contribution in [0.25, 0.3) is 0 Å². The molecule has 1 aliphatic heterocycles. The zero-order valence-electron chi connectivity index (χ0n) is 11.9. The van der Waals surface area contributed by atoms with Crippen molar-refractivity contribution >= 4 is 0 Å². The van der Waals surface area contributed by atoms with Gasteiger partial charge in [-0.25, -0.2) is 0 Å². The highest BCUT2D eigenvalue weighted by atomic mass is 15.2. The molecule has 2 unspecified atom stereocenters. The molecular formula is C16H26N2. The van der Waals surface area contributed by atoms with Crippen molar-refractivity contribution in [1.29, 1.82) is 0 Å².